The Balaban J connectivity index is 2.88. The van der Waals surface area contributed by atoms with E-state index in [1.807, 2.05) is 13.8 Å². The molecule has 5 heteroatoms. The van der Waals surface area contributed by atoms with Crippen LogP contribution in [0, 0.1) is 0 Å². The van der Waals surface area contributed by atoms with Gasteiger partial charge in [0.25, 0.3) is 0 Å². The second-order valence-corrected chi connectivity index (χ2v) is 3.55. The third-order valence-corrected chi connectivity index (χ3v) is 2.60. The van der Waals surface area contributed by atoms with E-state index in [2.05, 4.69) is 4.98 Å². The van der Waals surface area contributed by atoms with Gasteiger partial charge < -0.3 is 14.7 Å². The lowest BCUT2D eigenvalue weighted by atomic mass is 10.2. The molecule has 0 radical (unpaired) electrons. The van der Waals surface area contributed by atoms with E-state index in [1.54, 1.807) is 4.90 Å². The summed E-state index contributed by atoms with van der Waals surface area (Å²) >= 11 is 0. The van der Waals surface area contributed by atoms with Crippen LogP contribution in [0.1, 0.15) is 19.5 Å². The predicted octanol–water partition coefficient (Wildman–Crippen LogP) is 1.21. The Hall–Kier alpha value is -1.78. The number of ether oxygens (including phenoxy) is 1. The van der Waals surface area contributed by atoms with Crippen LogP contribution in [-0.4, -0.2) is 41.1 Å². The van der Waals surface area contributed by atoms with Crippen LogP contribution in [0.4, 0.5) is 0 Å². The van der Waals surface area contributed by atoms with Gasteiger partial charge in [-0.25, -0.2) is 0 Å². The highest BCUT2D eigenvalue weighted by molar-refractivity contribution is 5.79. The van der Waals surface area contributed by atoms with Gasteiger partial charge in [0.05, 0.1) is 19.2 Å². The minimum absolute atomic E-state index is 0.00449. The van der Waals surface area contributed by atoms with Crippen molar-refractivity contribution in [3.05, 3.63) is 18.0 Å². The number of nitrogens with zero attached hydrogens (tertiary/aromatic N) is 2. The number of likely N-dealkylation sites (N-methyl/N-ethyl adjacent to an activating group) is 1. The van der Waals surface area contributed by atoms with Crippen LogP contribution in [0.25, 0.3) is 0 Å². The quantitative estimate of drug-likeness (QED) is 0.837. The highest BCUT2D eigenvalue weighted by Crippen LogP contribution is 2.28. The zero-order valence-corrected chi connectivity index (χ0v) is 10.4. The van der Waals surface area contributed by atoms with Gasteiger partial charge in [-0.2, -0.15) is 0 Å². The molecule has 1 heterocycles. The van der Waals surface area contributed by atoms with E-state index >= 15 is 0 Å². The molecule has 0 aliphatic carbocycles. The van der Waals surface area contributed by atoms with Gasteiger partial charge in [-0.1, -0.05) is 0 Å². The van der Waals surface area contributed by atoms with Gasteiger partial charge in [0.1, 0.15) is 0 Å². The van der Waals surface area contributed by atoms with Gasteiger partial charge in [-0.05, 0) is 13.8 Å². The Morgan fingerprint density at radius 1 is 1.47 bits per heavy atom. The second kappa shape index (κ2) is 6.08. The Kier molecular flexibility index (Phi) is 4.75. The molecule has 1 aromatic rings. The van der Waals surface area contributed by atoms with Crippen molar-refractivity contribution >= 4 is 5.91 Å². The molecule has 1 aromatic heterocycles. The summed E-state index contributed by atoms with van der Waals surface area (Å²) < 4.78 is 5.04. The molecule has 0 fully saturated rings. The summed E-state index contributed by atoms with van der Waals surface area (Å²) in [5.41, 5.74) is 0.462. The summed E-state index contributed by atoms with van der Waals surface area (Å²) in [4.78, 5) is 17.7. The van der Waals surface area contributed by atoms with Gasteiger partial charge in [-0.15, -0.1) is 0 Å². The van der Waals surface area contributed by atoms with Crippen molar-refractivity contribution in [2.45, 2.75) is 20.3 Å². The topological polar surface area (TPSA) is 62.7 Å². The Bertz CT molecular complexity index is 389. The first-order valence-electron chi connectivity index (χ1n) is 5.62. The number of aromatic nitrogens is 1. The number of hydrogen-bond donors (Lipinski definition) is 1. The minimum atomic E-state index is -0.0219. The van der Waals surface area contributed by atoms with Gasteiger partial charge in [0, 0.05) is 25.4 Å². The van der Waals surface area contributed by atoms with Gasteiger partial charge >= 0.3 is 0 Å². The van der Waals surface area contributed by atoms with Crippen LogP contribution in [0.3, 0.4) is 0 Å². The zero-order chi connectivity index (χ0) is 12.8. The average Bonchev–Trinajstić information content (AvgIpc) is 2.31. The first kappa shape index (κ1) is 13.3. The summed E-state index contributed by atoms with van der Waals surface area (Å²) in [6, 6.07) is 1.43. The van der Waals surface area contributed by atoms with E-state index in [9.17, 15) is 9.90 Å². The minimum Gasteiger partial charge on any atom is -0.504 e. The summed E-state index contributed by atoms with van der Waals surface area (Å²) in [6.45, 7) is 5.18. The number of hydrogen-bond acceptors (Lipinski definition) is 4. The SMILES string of the molecule is CCN(CC)C(=O)Cc1nccc(O)c1OC. The number of methoxy groups -OCH3 is 1. The first-order valence-corrected chi connectivity index (χ1v) is 5.62. The van der Waals surface area contributed by atoms with E-state index < -0.39 is 0 Å². The fraction of sp³-hybridized carbons (Fsp3) is 0.500. The molecule has 0 bridgehead atoms. The third kappa shape index (κ3) is 3.09. The molecule has 0 aliphatic heterocycles. The van der Waals surface area contributed by atoms with Crippen LogP contribution in [0.5, 0.6) is 11.5 Å². The van der Waals surface area contributed by atoms with Crippen molar-refractivity contribution < 1.29 is 14.6 Å². The fourth-order valence-electron chi connectivity index (χ4n) is 1.66. The predicted molar refractivity (Wildman–Crippen MR) is 64.1 cm³/mol. The summed E-state index contributed by atoms with van der Waals surface area (Å²) in [7, 11) is 1.45. The molecule has 1 amide bonds. The van der Waals surface area contributed by atoms with Crippen LogP contribution < -0.4 is 4.74 Å². The number of aromatic hydroxyl groups is 1. The molecule has 17 heavy (non-hydrogen) atoms. The molecule has 0 aliphatic rings. The molecule has 1 rings (SSSR count). The number of carbonyl (C=O) groups excluding carboxylic acids is 1. The van der Waals surface area contributed by atoms with Crippen LogP contribution in [-0.2, 0) is 11.2 Å². The Labute approximate surface area is 101 Å². The fourth-order valence-corrected chi connectivity index (χ4v) is 1.66. The van der Waals surface area contributed by atoms with E-state index in [1.165, 1.54) is 19.4 Å². The highest BCUT2D eigenvalue weighted by Gasteiger charge is 2.16. The average molecular weight is 238 g/mol. The standard InChI is InChI=1S/C12H18N2O3/c1-4-14(5-2)11(16)8-9-12(17-3)10(15)6-7-13-9/h6-7H,4-5,8H2,1-3H3,(H,13,15). The molecular formula is C12H18N2O3. The maximum absolute atomic E-state index is 11.9. The molecule has 0 spiro atoms. The van der Waals surface area contributed by atoms with Gasteiger partial charge in [0.15, 0.2) is 11.5 Å². The zero-order valence-electron chi connectivity index (χ0n) is 10.4. The van der Waals surface area contributed by atoms with Crippen LogP contribution >= 0.6 is 0 Å². The lowest BCUT2D eigenvalue weighted by molar-refractivity contribution is -0.130. The van der Waals surface area contributed by atoms with E-state index in [0.29, 0.717) is 18.8 Å². The van der Waals surface area contributed by atoms with Crippen LogP contribution in [0.15, 0.2) is 12.3 Å². The number of amides is 1. The van der Waals surface area contributed by atoms with E-state index in [0.717, 1.165) is 0 Å². The largest absolute Gasteiger partial charge is 0.504 e. The van der Waals surface area contributed by atoms with Crippen molar-refractivity contribution in [2.75, 3.05) is 20.2 Å². The lowest BCUT2D eigenvalue weighted by Crippen LogP contribution is -2.32. The third-order valence-electron chi connectivity index (χ3n) is 2.60. The molecule has 5 nitrogen and oxygen atoms in total. The van der Waals surface area contributed by atoms with Crippen molar-refractivity contribution in [3.63, 3.8) is 0 Å². The maximum Gasteiger partial charge on any atom is 0.228 e. The first-order chi connectivity index (χ1) is 8.13. The smallest absolute Gasteiger partial charge is 0.228 e. The normalized spacial score (nSPS) is 10.1. The van der Waals surface area contributed by atoms with E-state index in [-0.39, 0.29) is 23.8 Å². The molecule has 0 atom stereocenters. The molecule has 0 aromatic carbocycles. The van der Waals surface area contributed by atoms with Crippen molar-refractivity contribution in [1.82, 2.24) is 9.88 Å². The lowest BCUT2D eigenvalue weighted by Gasteiger charge is -2.18. The van der Waals surface area contributed by atoms with Crippen molar-refractivity contribution in [1.29, 1.82) is 0 Å². The molecule has 0 unspecified atom stereocenters. The molecule has 0 saturated carbocycles. The van der Waals surface area contributed by atoms with Crippen molar-refractivity contribution in [2.24, 2.45) is 0 Å². The highest BCUT2D eigenvalue weighted by atomic mass is 16.5. The number of pyridine rings is 1. The van der Waals surface area contributed by atoms with Crippen LogP contribution in [0.2, 0.25) is 0 Å². The number of carbonyl (C=O) groups is 1. The summed E-state index contributed by atoms with van der Waals surface area (Å²) in [5.74, 6) is 0.254. The molecule has 0 saturated heterocycles. The second-order valence-electron chi connectivity index (χ2n) is 3.55. The monoisotopic (exact) mass is 238 g/mol. The van der Waals surface area contributed by atoms with Gasteiger partial charge in [0.2, 0.25) is 5.91 Å². The Morgan fingerprint density at radius 3 is 2.65 bits per heavy atom. The molecule has 1 N–H and O–H groups in total. The molecule has 94 valence electrons. The molecular weight excluding hydrogens is 220 g/mol. The van der Waals surface area contributed by atoms with Gasteiger partial charge in [-0.3, -0.25) is 9.78 Å². The number of rotatable bonds is 5. The van der Waals surface area contributed by atoms with Crippen molar-refractivity contribution in [3.8, 4) is 11.5 Å². The summed E-state index contributed by atoms with van der Waals surface area (Å²) in [6.07, 6.45) is 1.60. The Morgan fingerprint density at radius 2 is 2.12 bits per heavy atom. The summed E-state index contributed by atoms with van der Waals surface area (Å²) in [5, 5.41) is 9.57. The maximum atomic E-state index is 11.9. The van der Waals surface area contributed by atoms with E-state index in [4.69, 9.17) is 4.74 Å².